The Morgan fingerprint density at radius 1 is 1.55 bits per heavy atom. The largest absolute Gasteiger partial charge is 0.383 e. The minimum Gasteiger partial charge on any atom is -0.383 e. The highest BCUT2D eigenvalue weighted by atomic mass is 79.9. The van der Waals surface area contributed by atoms with Crippen LogP contribution in [0, 0.1) is 5.92 Å². The Morgan fingerprint density at radius 2 is 2.30 bits per heavy atom. The second-order valence-electron chi connectivity index (χ2n) is 4.97. The molecule has 0 atom stereocenters. The first-order chi connectivity index (χ1) is 9.72. The fraction of sp³-hybridized carbons (Fsp3) is 0.692. The molecule has 2 N–H and O–H groups in total. The van der Waals surface area contributed by atoms with Crippen LogP contribution in [0.4, 0.5) is 5.69 Å². The zero-order chi connectivity index (χ0) is 14.4. The van der Waals surface area contributed by atoms with E-state index in [9.17, 15) is 4.79 Å². The van der Waals surface area contributed by atoms with Crippen LogP contribution >= 0.6 is 15.9 Å². The standard InChI is InChI=1S/C13H21BrN4O2/c1-20-7-6-18-13(19)12(14)11(9-17-18)16-8-10-2-4-15-5-3-10/h9-10,15-16H,2-8H2,1H3. The van der Waals surface area contributed by atoms with Crippen LogP contribution in [0.15, 0.2) is 15.5 Å². The lowest BCUT2D eigenvalue weighted by Crippen LogP contribution is -2.32. The number of ether oxygens (including phenoxy) is 1. The molecule has 1 saturated heterocycles. The molecule has 0 bridgehead atoms. The fourth-order valence-electron chi connectivity index (χ4n) is 2.27. The molecule has 1 fully saturated rings. The van der Waals surface area contributed by atoms with Gasteiger partial charge in [-0.2, -0.15) is 5.10 Å². The zero-order valence-electron chi connectivity index (χ0n) is 11.7. The number of nitrogens with one attached hydrogen (secondary N) is 2. The number of aromatic nitrogens is 2. The molecule has 1 aromatic rings. The van der Waals surface area contributed by atoms with Crippen LogP contribution in [0.3, 0.4) is 0 Å². The maximum atomic E-state index is 12.1. The van der Waals surface area contributed by atoms with E-state index in [1.807, 2.05) is 0 Å². The van der Waals surface area contributed by atoms with Crippen molar-refractivity contribution in [1.29, 1.82) is 0 Å². The molecule has 112 valence electrons. The summed E-state index contributed by atoms with van der Waals surface area (Å²) in [6.45, 7) is 3.96. The molecule has 1 aromatic heterocycles. The Kier molecular flexibility index (Phi) is 6.00. The van der Waals surface area contributed by atoms with E-state index in [0.29, 0.717) is 23.5 Å². The number of piperidine rings is 1. The van der Waals surface area contributed by atoms with Gasteiger partial charge in [-0.15, -0.1) is 0 Å². The van der Waals surface area contributed by atoms with E-state index in [-0.39, 0.29) is 5.56 Å². The summed E-state index contributed by atoms with van der Waals surface area (Å²) in [5, 5.41) is 10.8. The molecule has 0 radical (unpaired) electrons. The number of hydrogen-bond donors (Lipinski definition) is 2. The van der Waals surface area contributed by atoms with Gasteiger partial charge in [0, 0.05) is 13.7 Å². The van der Waals surface area contributed by atoms with Crippen LogP contribution in [-0.4, -0.2) is 43.1 Å². The lowest BCUT2D eigenvalue weighted by Gasteiger charge is -2.23. The predicted molar refractivity (Wildman–Crippen MR) is 82.2 cm³/mol. The Morgan fingerprint density at radius 3 is 3.00 bits per heavy atom. The molecule has 2 rings (SSSR count). The van der Waals surface area contributed by atoms with Crippen LogP contribution < -0.4 is 16.2 Å². The molecule has 2 heterocycles. The van der Waals surface area contributed by atoms with Gasteiger partial charge in [-0.05, 0) is 47.8 Å². The minimum atomic E-state index is -0.127. The quantitative estimate of drug-likeness (QED) is 0.807. The van der Waals surface area contributed by atoms with E-state index >= 15 is 0 Å². The molecular formula is C13H21BrN4O2. The first-order valence-corrected chi connectivity index (χ1v) is 7.71. The van der Waals surface area contributed by atoms with Crippen molar-refractivity contribution in [1.82, 2.24) is 15.1 Å². The van der Waals surface area contributed by atoms with Gasteiger partial charge in [-0.1, -0.05) is 0 Å². The maximum absolute atomic E-state index is 12.1. The number of hydrogen-bond acceptors (Lipinski definition) is 5. The molecule has 0 saturated carbocycles. The zero-order valence-corrected chi connectivity index (χ0v) is 13.3. The molecule has 1 aliphatic heterocycles. The third-order valence-corrected chi connectivity index (χ3v) is 4.30. The topological polar surface area (TPSA) is 68.2 Å². The van der Waals surface area contributed by atoms with Crippen molar-refractivity contribution in [2.24, 2.45) is 5.92 Å². The first-order valence-electron chi connectivity index (χ1n) is 6.91. The summed E-state index contributed by atoms with van der Waals surface area (Å²) in [7, 11) is 1.61. The monoisotopic (exact) mass is 344 g/mol. The maximum Gasteiger partial charge on any atom is 0.283 e. The fourth-order valence-corrected chi connectivity index (χ4v) is 2.71. The summed E-state index contributed by atoms with van der Waals surface area (Å²) < 4.78 is 6.91. The Hall–Kier alpha value is -0.920. The van der Waals surface area contributed by atoms with Gasteiger partial charge in [0.1, 0.15) is 4.47 Å². The van der Waals surface area contributed by atoms with Crippen LogP contribution in [-0.2, 0) is 11.3 Å². The molecule has 0 amide bonds. The predicted octanol–water partition coefficient (Wildman–Crippen LogP) is 1.06. The van der Waals surface area contributed by atoms with Crippen LogP contribution in [0.2, 0.25) is 0 Å². The molecule has 20 heavy (non-hydrogen) atoms. The average Bonchev–Trinajstić information content (AvgIpc) is 2.49. The Labute approximate surface area is 127 Å². The van der Waals surface area contributed by atoms with Gasteiger partial charge < -0.3 is 15.4 Å². The lowest BCUT2D eigenvalue weighted by molar-refractivity contribution is 0.181. The van der Waals surface area contributed by atoms with Crippen molar-refractivity contribution in [2.75, 3.05) is 38.7 Å². The second-order valence-corrected chi connectivity index (χ2v) is 5.76. The van der Waals surface area contributed by atoms with Crippen molar-refractivity contribution >= 4 is 21.6 Å². The molecule has 0 aromatic carbocycles. The van der Waals surface area contributed by atoms with Gasteiger partial charge in [0.25, 0.3) is 5.56 Å². The number of anilines is 1. The molecule has 0 spiro atoms. The molecular weight excluding hydrogens is 324 g/mol. The SMILES string of the molecule is COCCn1ncc(NCC2CCNCC2)c(Br)c1=O. The molecule has 0 aliphatic carbocycles. The third kappa shape index (κ3) is 4.04. The van der Waals surface area contributed by atoms with E-state index in [1.165, 1.54) is 17.5 Å². The normalized spacial score (nSPS) is 16.3. The Bertz CT molecular complexity index is 486. The second kappa shape index (κ2) is 7.75. The smallest absolute Gasteiger partial charge is 0.283 e. The molecule has 0 unspecified atom stereocenters. The van der Waals surface area contributed by atoms with Gasteiger partial charge in [0.05, 0.1) is 25.0 Å². The number of halogens is 1. The highest BCUT2D eigenvalue weighted by molar-refractivity contribution is 9.10. The molecule has 1 aliphatic rings. The summed E-state index contributed by atoms with van der Waals surface area (Å²) in [5.41, 5.74) is 0.638. The minimum absolute atomic E-state index is 0.127. The van der Waals surface area contributed by atoms with Crippen molar-refractivity contribution < 1.29 is 4.74 Å². The van der Waals surface area contributed by atoms with Crippen molar-refractivity contribution in [3.63, 3.8) is 0 Å². The summed E-state index contributed by atoms with van der Waals surface area (Å²) in [5.74, 6) is 0.652. The summed E-state index contributed by atoms with van der Waals surface area (Å²) in [6, 6.07) is 0. The van der Waals surface area contributed by atoms with E-state index in [0.717, 1.165) is 25.3 Å². The number of rotatable bonds is 6. The summed E-state index contributed by atoms with van der Waals surface area (Å²) >= 11 is 3.36. The van der Waals surface area contributed by atoms with Crippen molar-refractivity contribution in [3.8, 4) is 0 Å². The molecule has 7 heteroatoms. The van der Waals surface area contributed by atoms with Gasteiger partial charge in [-0.3, -0.25) is 4.79 Å². The van der Waals surface area contributed by atoms with E-state index in [1.54, 1.807) is 13.3 Å². The molecule has 6 nitrogen and oxygen atoms in total. The van der Waals surface area contributed by atoms with Crippen molar-refractivity contribution in [2.45, 2.75) is 19.4 Å². The lowest BCUT2D eigenvalue weighted by atomic mass is 9.98. The number of nitrogens with zero attached hydrogens (tertiary/aromatic N) is 2. The van der Waals surface area contributed by atoms with Gasteiger partial charge >= 0.3 is 0 Å². The van der Waals surface area contributed by atoms with Crippen LogP contribution in [0.25, 0.3) is 0 Å². The summed E-state index contributed by atoms with van der Waals surface area (Å²) in [4.78, 5) is 12.1. The summed E-state index contributed by atoms with van der Waals surface area (Å²) in [6.07, 6.45) is 4.04. The van der Waals surface area contributed by atoms with Crippen LogP contribution in [0.1, 0.15) is 12.8 Å². The highest BCUT2D eigenvalue weighted by Crippen LogP contribution is 2.18. The Balaban J connectivity index is 1.97. The van der Waals surface area contributed by atoms with E-state index < -0.39 is 0 Å². The highest BCUT2D eigenvalue weighted by Gasteiger charge is 2.14. The third-order valence-electron chi connectivity index (χ3n) is 3.53. The average molecular weight is 345 g/mol. The van der Waals surface area contributed by atoms with E-state index in [2.05, 4.69) is 31.7 Å². The number of methoxy groups -OCH3 is 1. The van der Waals surface area contributed by atoms with Crippen molar-refractivity contribution in [3.05, 3.63) is 21.0 Å². The van der Waals surface area contributed by atoms with E-state index in [4.69, 9.17) is 4.74 Å². The first kappa shape index (κ1) is 15.5. The van der Waals surface area contributed by atoms with Gasteiger partial charge in [0.2, 0.25) is 0 Å². The van der Waals surface area contributed by atoms with Gasteiger partial charge in [-0.25, -0.2) is 4.68 Å². The van der Waals surface area contributed by atoms with Crippen LogP contribution in [0.5, 0.6) is 0 Å². The van der Waals surface area contributed by atoms with Gasteiger partial charge in [0.15, 0.2) is 0 Å².